The molecule has 1 aromatic heterocycles. The molecule has 0 aliphatic rings. The van der Waals surface area contributed by atoms with Crippen molar-refractivity contribution < 1.29 is 9.21 Å². The molecule has 2 aromatic rings. The Kier molecular flexibility index (Phi) is 5.17. The SMILES string of the molecule is Cc1ccc([C@H](C)NC(C)C(=O)NCc2ccco2)cc1. The number of rotatable bonds is 6. The highest BCUT2D eigenvalue weighted by Crippen LogP contribution is 2.13. The molecule has 21 heavy (non-hydrogen) atoms. The monoisotopic (exact) mass is 286 g/mol. The zero-order chi connectivity index (χ0) is 15.2. The lowest BCUT2D eigenvalue weighted by Gasteiger charge is -2.20. The molecule has 2 rings (SSSR count). The molecule has 0 radical (unpaired) electrons. The van der Waals surface area contributed by atoms with Gasteiger partial charge in [0.15, 0.2) is 0 Å². The minimum absolute atomic E-state index is 0.0367. The summed E-state index contributed by atoms with van der Waals surface area (Å²) in [6.45, 7) is 6.40. The van der Waals surface area contributed by atoms with Gasteiger partial charge in [-0.05, 0) is 38.5 Å². The molecule has 1 heterocycles. The Labute approximate surface area is 125 Å². The average Bonchev–Trinajstić information content (AvgIpc) is 2.98. The summed E-state index contributed by atoms with van der Waals surface area (Å²) in [6.07, 6.45) is 1.60. The van der Waals surface area contributed by atoms with Gasteiger partial charge < -0.3 is 9.73 Å². The zero-order valence-corrected chi connectivity index (χ0v) is 12.7. The number of benzene rings is 1. The third kappa shape index (κ3) is 4.46. The summed E-state index contributed by atoms with van der Waals surface area (Å²) in [7, 11) is 0. The van der Waals surface area contributed by atoms with Gasteiger partial charge in [0.1, 0.15) is 5.76 Å². The minimum Gasteiger partial charge on any atom is -0.467 e. The number of carbonyl (C=O) groups excluding carboxylic acids is 1. The van der Waals surface area contributed by atoms with Gasteiger partial charge in [0.25, 0.3) is 0 Å². The van der Waals surface area contributed by atoms with Gasteiger partial charge in [-0.15, -0.1) is 0 Å². The number of hydrogen-bond donors (Lipinski definition) is 2. The normalized spacial score (nSPS) is 13.7. The van der Waals surface area contributed by atoms with E-state index in [2.05, 4.69) is 48.7 Å². The summed E-state index contributed by atoms with van der Waals surface area (Å²) in [5, 5.41) is 6.16. The van der Waals surface area contributed by atoms with Gasteiger partial charge in [0, 0.05) is 6.04 Å². The predicted octanol–water partition coefficient (Wildman–Crippen LogP) is 2.94. The first-order valence-corrected chi connectivity index (χ1v) is 7.19. The third-order valence-electron chi connectivity index (χ3n) is 3.49. The molecule has 1 aromatic carbocycles. The second-order valence-corrected chi connectivity index (χ2v) is 5.32. The molecule has 0 saturated heterocycles. The van der Waals surface area contributed by atoms with Crippen molar-refractivity contribution in [3.63, 3.8) is 0 Å². The summed E-state index contributed by atoms with van der Waals surface area (Å²) in [5.74, 6) is 0.715. The first kappa shape index (κ1) is 15.3. The molecule has 0 fully saturated rings. The third-order valence-corrected chi connectivity index (χ3v) is 3.49. The lowest BCUT2D eigenvalue weighted by atomic mass is 10.1. The van der Waals surface area contributed by atoms with Crippen LogP contribution >= 0.6 is 0 Å². The largest absolute Gasteiger partial charge is 0.467 e. The molecule has 0 spiro atoms. The van der Waals surface area contributed by atoms with E-state index >= 15 is 0 Å². The lowest BCUT2D eigenvalue weighted by Crippen LogP contribution is -2.42. The maximum absolute atomic E-state index is 12.0. The van der Waals surface area contributed by atoms with Crippen LogP contribution in [0.4, 0.5) is 0 Å². The first-order chi connectivity index (χ1) is 10.1. The Bertz CT molecular complexity index is 561. The maximum atomic E-state index is 12.0. The van der Waals surface area contributed by atoms with Crippen molar-refractivity contribution in [2.75, 3.05) is 0 Å². The van der Waals surface area contributed by atoms with Gasteiger partial charge in [-0.1, -0.05) is 29.8 Å². The van der Waals surface area contributed by atoms with Crippen molar-refractivity contribution >= 4 is 5.91 Å². The smallest absolute Gasteiger partial charge is 0.237 e. The topological polar surface area (TPSA) is 54.3 Å². The highest BCUT2D eigenvalue weighted by Gasteiger charge is 2.16. The Morgan fingerprint density at radius 1 is 1.19 bits per heavy atom. The molecule has 1 unspecified atom stereocenters. The molecule has 0 aliphatic heterocycles. The van der Waals surface area contributed by atoms with Crippen molar-refractivity contribution in [3.8, 4) is 0 Å². The summed E-state index contributed by atoms with van der Waals surface area (Å²) < 4.78 is 5.19. The highest BCUT2D eigenvalue weighted by molar-refractivity contribution is 5.81. The lowest BCUT2D eigenvalue weighted by molar-refractivity contribution is -0.123. The van der Waals surface area contributed by atoms with E-state index in [0.29, 0.717) is 6.54 Å². The number of carbonyl (C=O) groups is 1. The summed E-state index contributed by atoms with van der Waals surface area (Å²) in [5.41, 5.74) is 2.40. The van der Waals surface area contributed by atoms with Crippen LogP contribution in [0.1, 0.15) is 36.8 Å². The Morgan fingerprint density at radius 3 is 2.52 bits per heavy atom. The molecule has 0 saturated carbocycles. The molecule has 1 amide bonds. The van der Waals surface area contributed by atoms with Crippen LogP contribution in [-0.4, -0.2) is 11.9 Å². The summed E-state index contributed by atoms with van der Waals surface area (Å²) >= 11 is 0. The van der Waals surface area contributed by atoms with Gasteiger partial charge in [-0.3, -0.25) is 10.1 Å². The summed E-state index contributed by atoms with van der Waals surface area (Å²) in [6, 6.07) is 11.8. The van der Waals surface area contributed by atoms with Crippen molar-refractivity contribution in [2.24, 2.45) is 0 Å². The zero-order valence-electron chi connectivity index (χ0n) is 12.7. The van der Waals surface area contributed by atoms with Crippen LogP contribution in [0.5, 0.6) is 0 Å². The molecular weight excluding hydrogens is 264 g/mol. The van der Waals surface area contributed by atoms with E-state index < -0.39 is 0 Å². The van der Waals surface area contributed by atoms with Crippen LogP contribution in [-0.2, 0) is 11.3 Å². The van der Waals surface area contributed by atoms with Crippen molar-refractivity contribution in [1.82, 2.24) is 10.6 Å². The van der Waals surface area contributed by atoms with Crippen LogP contribution in [0, 0.1) is 6.92 Å². The number of aryl methyl sites for hydroxylation is 1. The van der Waals surface area contributed by atoms with E-state index in [4.69, 9.17) is 4.42 Å². The molecule has 112 valence electrons. The fourth-order valence-electron chi connectivity index (χ4n) is 2.14. The van der Waals surface area contributed by atoms with Gasteiger partial charge in [0.2, 0.25) is 5.91 Å². The predicted molar refractivity (Wildman–Crippen MR) is 82.7 cm³/mol. The fraction of sp³-hybridized carbons (Fsp3) is 0.353. The van der Waals surface area contributed by atoms with Gasteiger partial charge in [-0.25, -0.2) is 0 Å². The van der Waals surface area contributed by atoms with Crippen LogP contribution in [0.3, 0.4) is 0 Å². The van der Waals surface area contributed by atoms with E-state index in [1.54, 1.807) is 6.26 Å². The van der Waals surface area contributed by atoms with Crippen LogP contribution < -0.4 is 10.6 Å². The first-order valence-electron chi connectivity index (χ1n) is 7.19. The molecule has 4 nitrogen and oxygen atoms in total. The Morgan fingerprint density at radius 2 is 1.90 bits per heavy atom. The van der Waals surface area contributed by atoms with E-state index in [-0.39, 0.29) is 18.0 Å². The fourth-order valence-corrected chi connectivity index (χ4v) is 2.14. The highest BCUT2D eigenvalue weighted by atomic mass is 16.3. The van der Waals surface area contributed by atoms with Gasteiger partial charge in [-0.2, -0.15) is 0 Å². The van der Waals surface area contributed by atoms with E-state index in [0.717, 1.165) is 5.76 Å². The Hall–Kier alpha value is -2.07. The standard InChI is InChI=1S/C17H22N2O2/c1-12-6-8-15(9-7-12)13(2)19-14(3)17(20)18-11-16-5-4-10-21-16/h4-10,13-14,19H,11H2,1-3H3,(H,18,20)/t13-,14?/m0/s1. The van der Waals surface area contributed by atoms with Crippen molar-refractivity contribution in [2.45, 2.75) is 39.4 Å². The van der Waals surface area contributed by atoms with E-state index in [9.17, 15) is 4.79 Å². The van der Waals surface area contributed by atoms with Gasteiger partial charge in [0.05, 0.1) is 18.8 Å². The van der Waals surface area contributed by atoms with Crippen molar-refractivity contribution in [1.29, 1.82) is 0 Å². The van der Waals surface area contributed by atoms with E-state index in [1.165, 1.54) is 11.1 Å². The van der Waals surface area contributed by atoms with Crippen LogP contribution in [0.2, 0.25) is 0 Å². The average molecular weight is 286 g/mol. The molecule has 4 heteroatoms. The number of hydrogen-bond acceptors (Lipinski definition) is 3. The van der Waals surface area contributed by atoms with Gasteiger partial charge >= 0.3 is 0 Å². The quantitative estimate of drug-likeness (QED) is 0.858. The second kappa shape index (κ2) is 7.09. The minimum atomic E-state index is -0.267. The van der Waals surface area contributed by atoms with Crippen molar-refractivity contribution in [3.05, 3.63) is 59.5 Å². The molecule has 2 N–H and O–H groups in total. The number of amides is 1. The summed E-state index contributed by atoms with van der Waals surface area (Å²) in [4.78, 5) is 12.0. The maximum Gasteiger partial charge on any atom is 0.237 e. The van der Waals surface area contributed by atoms with Crippen LogP contribution in [0.15, 0.2) is 47.1 Å². The molecular formula is C17H22N2O2. The Balaban J connectivity index is 1.83. The molecule has 2 atom stereocenters. The van der Waals surface area contributed by atoms with E-state index in [1.807, 2.05) is 19.1 Å². The van der Waals surface area contributed by atoms with Crippen LogP contribution in [0.25, 0.3) is 0 Å². The number of nitrogens with one attached hydrogen (secondary N) is 2. The molecule has 0 bridgehead atoms. The second-order valence-electron chi connectivity index (χ2n) is 5.32. The number of furan rings is 1. The molecule has 0 aliphatic carbocycles.